The highest BCUT2D eigenvalue weighted by Gasteiger charge is 2.36. The molecule has 0 aromatic heterocycles. The van der Waals surface area contributed by atoms with Gasteiger partial charge in [-0.2, -0.15) is 11.8 Å². The lowest BCUT2D eigenvalue weighted by Crippen LogP contribution is -2.38. The Bertz CT molecular complexity index is 584. The van der Waals surface area contributed by atoms with Gasteiger partial charge in [0.25, 0.3) is 0 Å². The standard InChI is InChI=1S/C18H21ClO2S/c1-12-8-17(16-10-14(19)6-7-18(16)22-12)21-11-13-4-3-5-15(9-13)20-2/h3-7,9-10,12,16-18H,8,11H2,1-2H3/t12-,16+,17+,18+/m0/s1. The van der Waals surface area contributed by atoms with E-state index in [0.29, 0.717) is 23.0 Å². The molecule has 0 radical (unpaired) electrons. The van der Waals surface area contributed by atoms with Gasteiger partial charge in [0.1, 0.15) is 5.75 Å². The summed E-state index contributed by atoms with van der Waals surface area (Å²) >= 11 is 8.20. The van der Waals surface area contributed by atoms with Gasteiger partial charge >= 0.3 is 0 Å². The van der Waals surface area contributed by atoms with Crippen molar-refractivity contribution in [2.75, 3.05) is 7.11 Å². The molecule has 1 fully saturated rings. The normalized spacial score (nSPS) is 30.6. The Labute approximate surface area is 141 Å². The quantitative estimate of drug-likeness (QED) is 0.788. The van der Waals surface area contributed by atoms with Crippen LogP contribution in [-0.2, 0) is 11.3 Å². The summed E-state index contributed by atoms with van der Waals surface area (Å²) in [4.78, 5) is 0. The van der Waals surface area contributed by atoms with Gasteiger partial charge in [-0.05, 0) is 30.2 Å². The summed E-state index contributed by atoms with van der Waals surface area (Å²) in [6, 6.07) is 8.06. The van der Waals surface area contributed by atoms with Gasteiger partial charge < -0.3 is 9.47 Å². The smallest absolute Gasteiger partial charge is 0.119 e. The van der Waals surface area contributed by atoms with Gasteiger partial charge in [-0.15, -0.1) is 0 Å². The van der Waals surface area contributed by atoms with Crippen molar-refractivity contribution < 1.29 is 9.47 Å². The molecule has 0 unspecified atom stereocenters. The lowest BCUT2D eigenvalue weighted by atomic mass is 9.90. The second-order valence-corrected chi connectivity index (χ2v) is 7.89. The van der Waals surface area contributed by atoms with Crippen molar-refractivity contribution in [1.29, 1.82) is 0 Å². The van der Waals surface area contributed by atoms with E-state index in [9.17, 15) is 0 Å². The topological polar surface area (TPSA) is 18.5 Å². The van der Waals surface area contributed by atoms with E-state index >= 15 is 0 Å². The molecule has 4 heteroatoms. The van der Waals surface area contributed by atoms with E-state index in [4.69, 9.17) is 21.1 Å². The summed E-state index contributed by atoms with van der Waals surface area (Å²) < 4.78 is 11.5. The van der Waals surface area contributed by atoms with Gasteiger partial charge in [0.2, 0.25) is 0 Å². The molecule has 2 nitrogen and oxygen atoms in total. The Morgan fingerprint density at radius 1 is 1.36 bits per heavy atom. The van der Waals surface area contributed by atoms with E-state index in [1.165, 1.54) is 0 Å². The van der Waals surface area contributed by atoms with E-state index in [-0.39, 0.29) is 6.10 Å². The predicted octanol–water partition coefficient (Wildman–Crippen LogP) is 4.78. The number of fused-ring (bicyclic) bond motifs is 1. The van der Waals surface area contributed by atoms with Crippen LogP contribution in [0.4, 0.5) is 0 Å². The van der Waals surface area contributed by atoms with E-state index in [1.54, 1.807) is 7.11 Å². The van der Waals surface area contributed by atoms with Crippen LogP contribution in [0.1, 0.15) is 18.9 Å². The summed E-state index contributed by atoms with van der Waals surface area (Å²) in [7, 11) is 1.69. The van der Waals surface area contributed by atoms with Crippen molar-refractivity contribution in [2.24, 2.45) is 5.92 Å². The van der Waals surface area contributed by atoms with Gasteiger partial charge in [-0.3, -0.25) is 0 Å². The summed E-state index contributed by atoms with van der Waals surface area (Å²) in [6.07, 6.45) is 7.65. The third-order valence-corrected chi connectivity index (χ3v) is 5.85. The Morgan fingerprint density at radius 2 is 2.23 bits per heavy atom. The van der Waals surface area contributed by atoms with Crippen molar-refractivity contribution in [3.05, 3.63) is 53.1 Å². The minimum Gasteiger partial charge on any atom is -0.497 e. The summed E-state index contributed by atoms with van der Waals surface area (Å²) in [6.45, 7) is 2.88. The van der Waals surface area contributed by atoms with Gasteiger partial charge in [0, 0.05) is 21.5 Å². The Morgan fingerprint density at radius 3 is 3.05 bits per heavy atom. The van der Waals surface area contributed by atoms with Crippen LogP contribution < -0.4 is 4.74 Å². The summed E-state index contributed by atoms with van der Waals surface area (Å²) in [5.74, 6) is 1.24. The number of halogens is 1. The van der Waals surface area contributed by atoms with Crippen LogP contribution in [0.25, 0.3) is 0 Å². The van der Waals surface area contributed by atoms with Crippen LogP contribution in [0.5, 0.6) is 5.75 Å². The number of rotatable bonds is 4. The first kappa shape index (κ1) is 16.0. The van der Waals surface area contributed by atoms with Crippen molar-refractivity contribution in [1.82, 2.24) is 0 Å². The van der Waals surface area contributed by atoms with E-state index < -0.39 is 0 Å². The molecule has 22 heavy (non-hydrogen) atoms. The lowest BCUT2D eigenvalue weighted by molar-refractivity contribution is 0.00709. The average molecular weight is 337 g/mol. The largest absolute Gasteiger partial charge is 0.497 e. The Hall–Kier alpha value is -0.900. The molecule has 1 aromatic rings. The van der Waals surface area contributed by atoms with Crippen LogP contribution in [-0.4, -0.2) is 23.7 Å². The molecule has 4 atom stereocenters. The maximum Gasteiger partial charge on any atom is 0.119 e. The molecule has 0 bridgehead atoms. The SMILES string of the molecule is COc1cccc(CO[C@@H]2C[C@H](C)S[C@@H]3C=CC(Cl)=C[C@H]23)c1. The van der Waals surface area contributed by atoms with Crippen molar-refractivity contribution in [3.8, 4) is 5.75 Å². The Kier molecular flexibility index (Phi) is 5.17. The first-order valence-corrected chi connectivity index (χ1v) is 8.93. The van der Waals surface area contributed by atoms with Crippen LogP contribution in [0.2, 0.25) is 0 Å². The molecule has 1 aliphatic carbocycles. The lowest BCUT2D eigenvalue weighted by Gasteiger charge is -2.39. The summed E-state index contributed by atoms with van der Waals surface area (Å²) in [5, 5.41) is 1.90. The van der Waals surface area contributed by atoms with Crippen LogP contribution in [0, 0.1) is 5.92 Å². The number of hydrogen-bond donors (Lipinski definition) is 0. The van der Waals surface area contributed by atoms with Crippen molar-refractivity contribution in [3.63, 3.8) is 0 Å². The zero-order valence-electron chi connectivity index (χ0n) is 12.9. The molecule has 1 aromatic carbocycles. The number of allylic oxidation sites excluding steroid dienone is 2. The fraction of sp³-hybridized carbons (Fsp3) is 0.444. The third kappa shape index (κ3) is 3.70. The van der Waals surface area contributed by atoms with E-state index in [0.717, 1.165) is 22.8 Å². The highest BCUT2D eigenvalue weighted by atomic mass is 35.5. The second-order valence-electron chi connectivity index (χ2n) is 5.84. The monoisotopic (exact) mass is 336 g/mol. The number of thioether (sulfide) groups is 1. The molecule has 2 aliphatic rings. The average Bonchev–Trinajstić information content (AvgIpc) is 2.53. The first-order valence-electron chi connectivity index (χ1n) is 7.61. The van der Waals surface area contributed by atoms with Gasteiger partial charge in [-0.25, -0.2) is 0 Å². The maximum atomic E-state index is 6.25. The second kappa shape index (κ2) is 7.12. The number of hydrogen-bond acceptors (Lipinski definition) is 3. The first-order chi connectivity index (χ1) is 10.7. The zero-order chi connectivity index (χ0) is 15.5. The number of benzene rings is 1. The molecule has 0 saturated carbocycles. The molecule has 1 heterocycles. The highest BCUT2D eigenvalue weighted by molar-refractivity contribution is 8.00. The highest BCUT2D eigenvalue weighted by Crippen LogP contribution is 2.42. The molecule has 0 spiro atoms. The zero-order valence-corrected chi connectivity index (χ0v) is 14.4. The molecule has 3 rings (SSSR count). The summed E-state index contributed by atoms with van der Waals surface area (Å²) in [5.41, 5.74) is 1.14. The van der Waals surface area contributed by atoms with Crippen LogP contribution >= 0.6 is 23.4 Å². The predicted molar refractivity (Wildman–Crippen MR) is 93.6 cm³/mol. The molecular formula is C18H21ClO2S. The minimum absolute atomic E-state index is 0.214. The van der Waals surface area contributed by atoms with Gasteiger partial charge in [-0.1, -0.05) is 42.8 Å². The molecular weight excluding hydrogens is 316 g/mol. The van der Waals surface area contributed by atoms with Gasteiger partial charge in [0.15, 0.2) is 0 Å². The molecule has 0 N–H and O–H groups in total. The molecule has 118 valence electrons. The number of methoxy groups -OCH3 is 1. The van der Waals surface area contributed by atoms with Crippen molar-refractivity contribution >= 4 is 23.4 Å². The fourth-order valence-electron chi connectivity index (χ4n) is 3.06. The van der Waals surface area contributed by atoms with E-state index in [2.05, 4.69) is 25.1 Å². The van der Waals surface area contributed by atoms with Gasteiger partial charge in [0.05, 0.1) is 19.8 Å². The van der Waals surface area contributed by atoms with Crippen LogP contribution in [0.15, 0.2) is 47.5 Å². The molecule has 1 aliphatic heterocycles. The van der Waals surface area contributed by atoms with E-state index in [1.807, 2.05) is 36.0 Å². The van der Waals surface area contributed by atoms with Crippen molar-refractivity contribution in [2.45, 2.75) is 36.6 Å². The third-order valence-electron chi connectivity index (χ3n) is 4.16. The Balaban J connectivity index is 1.68. The number of ether oxygens (including phenoxy) is 2. The van der Waals surface area contributed by atoms with Crippen LogP contribution in [0.3, 0.4) is 0 Å². The molecule has 0 amide bonds. The maximum absolute atomic E-state index is 6.25. The minimum atomic E-state index is 0.214. The molecule has 1 saturated heterocycles. The fourth-order valence-corrected chi connectivity index (χ4v) is 4.72.